The number of benzene rings is 1. The van der Waals surface area contributed by atoms with Crippen LogP contribution in [0.3, 0.4) is 0 Å². The maximum atomic E-state index is 12.8. The zero-order chi connectivity index (χ0) is 16.0. The van der Waals surface area contributed by atoms with E-state index in [0.717, 1.165) is 37.6 Å². The van der Waals surface area contributed by atoms with Crippen LogP contribution in [0.25, 0.3) is 0 Å². The van der Waals surface area contributed by atoms with Crippen LogP contribution in [0.5, 0.6) is 0 Å². The number of halogens is 2. The van der Waals surface area contributed by atoms with Crippen LogP contribution >= 0.6 is 27.5 Å². The van der Waals surface area contributed by atoms with Gasteiger partial charge in [-0.2, -0.15) is 0 Å². The Morgan fingerprint density at radius 1 is 1.17 bits per heavy atom. The molecule has 1 aromatic carbocycles. The summed E-state index contributed by atoms with van der Waals surface area (Å²) in [6.07, 6.45) is 0.830. The van der Waals surface area contributed by atoms with Gasteiger partial charge in [0.15, 0.2) is 0 Å². The van der Waals surface area contributed by atoms with Gasteiger partial charge in [-0.25, -0.2) is 9.67 Å². The minimum Gasteiger partial charge on any atom is -0.311 e. The van der Waals surface area contributed by atoms with Crippen molar-refractivity contribution < 1.29 is 4.79 Å². The van der Waals surface area contributed by atoms with Gasteiger partial charge in [-0.1, -0.05) is 11.6 Å². The van der Waals surface area contributed by atoms with Crippen LogP contribution in [-0.2, 0) is 17.9 Å². The zero-order valence-corrected chi connectivity index (χ0v) is 14.7. The Kier molecular flexibility index (Phi) is 3.87. The van der Waals surface area contributed by atoms with Gasteiger partial charge in [0.2, 0.25) is 10.6 Å². The summed E-state index contributed by atoms with van der Waals surface area (Å²) in [5.41, 5.74) is 0.907. The second-order valence-electron chi connectivity index (χ2n) is 5.76. The molecule has 0 saturated carbocycles. The van der Waals surface area contributed by atoms with E-state index in [1.54, 1.807) is 0 Å². The van der Waals surface area contributed by atoms with Crippen molar-refractivity contribution in [2.45, 2.75) is 25.6 Å². The van der Waals surface area contributed by atoms with Crippen LogP contribution < -0.4 is 4.90 Å². The molecule has 2 aliphatic rings. The van der Waals surface area contributed by atoms with E-state index in [4.69, 9.17) is 11.6 Å². The van der Waals surface area contributed by atoms with Crippen LogP contribution in [0.1, 0.15) is 12.2 Å². The van der Waals surface area contributed by atoms with E-state index in [9.17, 15) is 4.79 Å². The molecule has 0 spiro atoms. The third-order valence-electron chi connectivity index (χ3n) is 4.42. The van der Waals surface area contributed by atoms with Gasteiger partial charge < -0.3 is 4.90 Å². The lowest BCUT2D eigenvalue weighted by Crippen LogP contribution is -2.45. The number of carbonyl (C=O) groups is 1. The van der Waals surface area contributed by atoms with Gasteiger partial charge >= 0.3 is 0 Å². The Balaban J connectivity index is 1.51. The van der Waals surface area contributed by atoms with Gasteiger partial charge in [-0.3, -0.25) is 9.69 Å². The highest BCUT2D eigenvalue weighted by molar-refractivity contribution is 9.10. The molecule has 1 atom stereocenters. The van der Waals surface area contributed by atoms with E-state index >= 15 is 0 Å². The number of rotatable bonds is 2. The average molecular weight is 397 g/mol. The molecule has 1 aromatic heterocycles. The van der Waals surface area contributed by atoms with E-state index in [1.165, 1.54) is 0 Å². The Labute approximate surface area is 147 Å². The fraction of sp³-hybridized carbons (Fsp3) is 0.400. The summed E-state index contributed by atoms with van der Waals surface area (Å²) >= 11 is 9.23. The van der Waals surface area contributed by atoms with E-state index in [-0.39, 0.29) is 11.9 Å². The lowest BCUT2D eigenvalue weighted by Gasteiger charge is -2.30. The molecule has 120 valence electrons. The van der Waals surface area contributed by atoms with Crippen LogP contribution in [-0.4, -0.2) is 44.7 Å². The van der Waals surface area contributed by atoms with Crippen molar-refractivity contribution in [3.05, 3.63) is 39.8 Å². The number of hydrogen-bond donors (Lipinski definition) is 0. The van der Waals surface area contributed by atoms with Crippen molar-refractivity contribution >= 4 is 39.1 Å². The molecule has 0 radical (unpaired) electrons. The molecule has 3 heterocycles. The summed E-state index contributed by atoms with van der Waals surface area (Å²) in [5, 5.41) is 4.97. The van der Waals surface area contributed by atoms with Crippen molar-refractivity contribution in [2.24, 2.45) is 0 Å². The molecule has 0 N–H and O–H groups in total. The molecule has 1 unspecified atom stereocenters. The average Bonchev–Trinajstić information content (AvgIpc) is 3.09. The molecular weight excluding hydrogens is 382 g/mol. The lowest BCUT2D eigenvalue weighted by atomic mass is 10.2. The molecule has 1 amide bonds. The first-order valence-corrected chi connectivity index (χ1v) is 8.69. The van der Waals surface area contributed by atoms with E-state index in [1.807, 2.05) is 33.8 Å². The van der Waals surface area contributed by atoms with Crippen LogP contribution in [0.2, 0.25) is 5.02 Å². The number of aromatic nitrogens is 3. The number of hydrogen-bond acceptors (Lipinski definition) is 4. The number of fused-ring (bicyclic) bond motifs is 1. The first-order chi connectivity index (χ1) is 11.1. The Hall–Kier alpha value is -1.44. The fourth-order valence-electron chi connectivity index (χ4n) is 3.27. The number of amides is 1. The van der Waals surface area contributed by atoms with E-state index in [0.29, 0.717) is 16.3 Å². The highest BCUT2D eigenvalue weighted by Gasteiger charge is 2.38. The van der Waals surface area contributed by atoms with E-state index in [2.05, 4.69) is 30.9 Å². The minimum absolute atomic E-state index is 0.0881. The number of carbonyl (C=O) groups excluding carboxylic acids is 1. The maximum absolute atomic E-state index is 12.8. The highest BCUT2D eigenvalue weighted by atomic mass is 79.9. The van der Waals surface area contributed by atoms with E-state index < -0.39 is 0 Å². The van der Waals surface area contributed by atoms with Crippen molar-refractivity contribution in [3.8, 4) is 0 Å². The van der Waals surface area contributed by atoms with Crippen LogP contribution in [0.15, 0.2) is 29.0 Å². The smallest absolute Gasteiger partial charge is 0.244 e. The normalized spacial score (nSPS) is 21.7. The SMILES string of the molecule is O=C1C(N2CCn3nc(Br)nc3C2)CCN1c1ccc(Cl)cc1. The van der Waals surface area contributed by atoms with Gasteiger partial charge in [0.05, 0.1) is 19.1 Å². The molecule has 2 aromatic rings. The molecule has 8 heteroatoms. The standard InChI is InChI=1S/C15H15BrClN5O/c16-15-18-13-9-20(7-8-22(13)19-15)12-5-6-21(14(12)23)11-3-1-10(17)2-4-11/h1-4,12H,5-9H2. The van der Waals surface area contributed by atoms with Crippen LogP contribution in [0, 0.1) is 0 Å². The van der Waals surface area contributed by atoms with Gasteiger partial charge in [0.1, 0.15) is 5.82 Å². The Morgan fingerprint density at radius 3 is 2.74 bits per heavy atom. The van der Waals surface area contributed by atoms with Gasteiger partial charge in [0, 0.05) is 23.8 Å². The molecule has 1 saturated heterocycles. The summed E-state index contributed by atoms with van der Waals surface area (Å²) in [7, 11) is 0. The van der Waals surface area contributed by atoms with Crippen molar-refractivity contribution in [1.82, 2.24) is 19.7 Å². The zero-order valence-electron chi connectivity index (χ0n) is 12.3. The maximum Gasteiger partial charge on any atom is 0.244 e. The quantitative estimate of drug-likeness (QED) is 0.782. The third-order valence-corrected chi connectivity index (χ3v) is 5.01. The van der Waals surface area contributed by atoms with Crippen LogP contribution in [0.4, 0.5) is 5.69 Å². The van der Waals surface area contributed by atoms with Crippen molar-refractivity contribution in [3.63, 3.8) is 0 Å². The van der Waals surface area contributed by atoms with Crippen molar-refractivity contribution in [2.75, 3.05) is 18.0 Å². The first-order valence-electron chi connectivity index (χ1n) is 7.52. The molecule has 6 nitrogen and oxygen atoms in total. The third kappa shape index (κ3) is 2.77. The Bertz CT molecular complexity index is 747. The summed E-state index contributed by atoms with van der Waals surface area (Å²) in [6.45, 7) is 2.97. The second-order valence-corrected chi connectivity index (χ2v) is 6.91. The molecular formula is C15H15BrClN5O. The monoisotopic (exact) mass is 395 g/mol. The molecule has 2 aliphatic heterocycles. The second kappa shape index (κ2) is 5.89. The number of nitrogens with zero attached hydrogens (tertiary/aromatic N) is 5. The molecule has 0 bridgehead atoms. The largest absolute Gasteiger partial charge is 0.311 e. The Morgan fingerprint density at radius 2 is 1.96 bits per heavy atom. The summed E-state index contributed by atoms with van der Waals surface area (Å²) < 4.78 is 2.51. The van der Waals surface area contributed by atoms with Gasteiger partial charge in [0.25, 0.3) is 0 Å². The topological polar surface area (TPSA) is 54.3 Å². The van der Waals surface area contributed by atoms with Crippen molar-refractivity contribution in [1.29, 1.82) is 0 Å². The number of anilines is 1. The predicted octanol–water partition coefficient (Wildman–Crippen LogP) is 2.32. The minimum atomic E-state index is -0.0881. The summed E-state index contributed by atoms with van der Waals surface area (Å²) in [4.78, 5) is 21.2. The first kappa shape index (κ1) is 15.1. The summed E-state index contributed by atoms with van der Waals surface area (Å²) in [5.74, 6) is 1.06. The predicted molar refractivity (Wildman–Crippen MR) is 90.3 cm³/mol. The lowest BCUT2D eigenvalue weighted by molar-refractivity contribution is -0.122. The highest BCUT2D eigenvalue weighted by Crippen LogP contribution is 2.27. The van der Waals surface area contributed by atoms with Gasteiger partial charge in [-0.05, 0) is 46.6 Å². The fourth-order valence-corrected chi connectivity index (χ4v) is 3.79. The molecule has 23 heavy (non-hydrogen) atoms. The molecule has 0 aliphatic carbocycles. The molecule has 1 fully saturated rings. The molecule has 4 rings (SSSR count). The van der Waals surface area contributed by atoms with Gasteiger partial charge in [-0.15, -0.1) is 5.10 Å². The summed E-state index contributed by atoms with van der Waals surface area (Å²) in [6, 6.07) is 7.34.